The molecule has 1 aliphatic rings. The molecule has 7 nitrogen and oxygen atoms in total. The third kappa shape index (κ3) is 3.74. The highest BCUT2D eigenvalue weighted by molar-refractivity contribution is 7.92. The molecule has 148 valence electrons. The molecule has 0 amide bonds. The van der Waals surface area contributed by atoms with Gasteiger partial charge in [-0.2, -0.15) is 0 Å². The highest BCUT2D eigenvalue weighted by atomic mass is 32.2. The van der Waals surface area contributed by atoms with E-state index in [2.05, 4.69) is 49.9 Å². The van der Waals surface area contributed by atoms with Crippen molar-refractivity contribution in [2.75, 3.05) is 36.8 Å². The molecule has 2 aromatic heterocycles. The van der Waals surface area contributed by atoms with Crippen LogP contribution in [0.3, 0.4) is 0 Å². The number of anilines is 1. The number of hydrogen-bond acceptors (Lipinski definition) is 8. The van der Waals surface area contributed by atoms with Crippen LogP contribution in [-0.4, -0.2) is 56.0 Å². The van der Waals surface area contributed by atoms with E-state index in [9.17, 15) is 4.21 Å². The quantitative estimate of drug-likeness (QED) is 0.686. The van der Waals surface area contributed by atoms with Crippen LogP contribution in [0.1, 0.15) is 25.5 Å². The summed E-state index contributed by atoms with van der Waals surface area (Å²) in [6, 6.07) is 6.88. The minimum Gasteiger partial charge on any atom is -0.338 e. The molecular formula is C19H24N6OS2. The summed E-state index contributed by atoms with van der Waals surface area (Å²) < 4.78 is 21.2. The first-order valence-corrected chi connectivity index (χ1v) is 12.0. The zero-order valence-corrected chi connectivity index (χ0v) is 17.7. The van der Waals surface area contributed by atoms with Crippen molar-refractivity contribution in [2.45, 2.75) is 24.8 Å². The Kier molecular flexibility index (Phi) is 5.31. The highest BCUT2D eigenvalue weighted by Gasteiger charge is 2.24. The molecule has 1 fully saturated rings. The lowest BCUT2D eigenvalue weighted by Gasteiger charge is -2.38. The average molecular weight is 417 g/mol. The van der Waals surface area contributed by atoms with Crippen molar-refractivity contribution in [1.82, 2.24) is 19.9 Å². The minimum atomic E-state index is -2.76. The highest BCUT2D eigenvalue weighted by Crippen LogP contribution is 2.27. The van der Waals surface area contributed by atoms with Gasteiger partial charge in [0.1, 0.15) is 0 Å². The Labute approximate surface area is 169 Å². The fraction of sp³-hybridized carbons (Fsp3) is 0.421. The van der Waals surface area contributed by atoms with Gasteiger partial charge in [0.15, 0.2) is 0 Å². The number of fused-ring (bicyclic) bond motifs is 1. The molecule has 1 unspecified atom stereocenters. The number of nitrogens with zero attached hydrogens (tertiary/aromatic N) is 5. The summed E-state index contributed by atoms with van der Waals surface area (Å²) in [7, 11) is -2.76. The molecule has 1 aliphatic heterocycles. The Morgan fingerprint density at radius 2 is 1.89 bits per heavy atom. The van der Waals surface area contributed by atoms with Gasteiger partial charge in [0.25, 0.3) is 0 Å². The molecule has 2 atom stereocenters. The normalized spacial score (nSPS) is 18.9. The summed E-state index contributed by atoms with van der Waals surface area (Å²) in [4.78, 5) is 18.2. The van der Waals surface area contributed by atoms with Gasteiger partial charge in [-0.25, -0.2) is 23.9 Å². The fourth-order valence-corrected chi connectivity index (χ4v) is 4.90. The molecule has 9 heteroatoms. The number of thiazole rings is 1. The predicted octanol–water partition coefficient (Wildman–Crippen LogP) is 3.40. The third-order valence-electron chi connectivity index (χ3n) is 5.38. The van der Waals surface area contributed by atoms with Crippen molar-refractivity contribution in [3.05, 3.63) is 41.7 Å². The van der Waals surface area contributed by atoms with Crippen LogP contribution in [0.15, 0.2) is 41.0 Å². The van der Waals surface area contributed by atoms with E-state index < -0.39 is 9.73 Å². The summed E-state index contributed by atoms with van der Waals surface area (Å²) >= 11 is 1.67. The number of rotatable bonds is 5. The van der Waals surface area contributed by atoms with Crippen molar-refractivity contribution in [3.8, 4) is 0 Å². The molecule has 0 radical (unpaired) electrons. The second-order valence-electron chi connectivity index (χ2n) is 6.96. The Balaban J connectivity index is 1.41. The van der Waals surface area contributed by atoms with Gasteiger partial charge in [-0.3, -0.25) is 4.90 Å². The van der Waals surface area contributed by atoms with Gasteiger partial charge in [-0.1, -0.05) is 13.0 Å². The van der Waals surface area contributed by atoms with Gasteiger partial charge < -0.3 is 4.90 Å². The van der Waals surface area contributed by atoms with E-state index in [1.807, 2.05) is 5.51 Å². The van der Waals surface area contributed by atoms with Gasteiger partial charge in [-0.15, -0.1) is 11.3 Å². The van der Waals surface area contributed by atoms with E-state index in [1.54, 1.807) is 30.7 Å². The summed E-state index contributed by atoms with van der Waals surface area (Å²) in [5, 5.41) is 0. The first kappa shape index (κ1) is 19.2. The molecule has 1 saturated heterocycles. The minimum absolute atomic E-state index is 0.277. The third-order valence-corrected chi connectivity index (χ3v) is 7.98. The van der Waals surface area contributed by atoms with Crippen molar-refractivity contribution in [2.24, 2.45) is 0 Å². The molecule has 0 bridgehead atoms. The van der Waals surface area contributed by atoms with Gasteiger partial charge >= 0.3 is 0 Å². The number of nitrogens with one attached hydrogen (secondary N) is 1. The zero-order chi connectivity index (χ0) is 19.7. The first-order chi connectivity index (χ1) is 13.5. The van der Waals surface area contributed by atoms with Crippen LogP contribution in [0.2, 0.25) is 0 Å². The largest absolute Gasteiger partial charge is 0.338 e. The van der Waals surface area contributed by atoms with E-state index in [0.29, 0.717) is 16.9 Å². The summed E-state index contributed by atoms with van der Waals surface area (Å²) in [6.45, 7) is 7.51. The lowest BCUT2D eigenvalue weighted by atomic mass is 10.1. The molecule has 0 spiro atoms. The number of aromatic nitrogens is 3. The van der Waals surface area contributed by atoms with Gasteiger partial charge in [-0.05, 0) is 24.6 Å². The van der Waals surface area contributed by atoms with Crippen molar-refractivity contribution in [1.29, 1.82) is 4.78 Å². The molecule has 3 heterocycles. The van der Waals surface area contributed by atoms with Gasteiger partial charge in [0.2, 0.25) is 5.95 Å². The topological polar surface area (TPSA) is 86.1 Å². The maximum Gasteiger partial charge on any atom is 0.225 e. The fourth-order valence-electron chi connectivity index (χ4n) is 3.46. The molecule has 28 heavy (non-hydrogen) atoms. The van der Waals surface area contributed by atoms with Crippen molar-refractivity contribution in [3.63, 3.8) is 0 Å². The maximum absolute atomic E-state index is 12.1. The van der Waals surface area contributed by atoms with Crippen LogP contribution < -0.4 is 4.90 Å². The second kappa shape index (κ2) is 7.73. The Bertz CT molecular complexity index is 1060. The first-order valence-electron chi connectivity index (χ1n) is 9.38. The Morgan fingerprint density at radius 3 is 2.57 bits per heavy atom. The lowest BCUT2D eigenvalue weighted by molar-refractivity contribution is 0.198. The maximum atomic E-state index is 12.1. The monoisotopic (exact) mass is 416 g/mol. The van der Waals surface area contributed by atoms with Crippen LogP contribution in [0.5, 0.6) is 0 Å². The summed E-state index contributed by atoms with van der Waals surface area (Å²) in [5.41, 5.74) is 4.25. The predicted molar refractivity (Wildman–Crippen MR) is 114 cm³/mol. The van der Waals surface area contributed by atoms with Gasteiger partial charge in [0, 0.05) is 50.4 Å². The van der Waals surface area contributed by atoms with Crippen LogP contribution in [0, 0.1) is 4.78 Å². The molecule has 3 aromatic rings. The molecule has 4 rings (SSSR count). The molecule has 0 saturated carbocycles. The number of hydrogen-bond donors (Lipinski definition) is 1. The smallest absolute Gasteiger partial charge is 0.225 e. The van der Waals surface area contributed by atoms with Crippen molar-refractivity contribution >= 4 is 37.2 Å². The van der Waals surface area contributed by atoms with E-state index in [0.717, 1.165) is 31.7 Å². The molecular weight excluding hydrogens is 392 g/mol. The SMILES string of the molecule is CCS(=N)(=O)c1cnc(N2CCN([C@H](C)c3ccc4scnc4c3)CC2)nc1. The molecule has 1 N–H and O–H groups in total. The second-order valence-corrected chi connectivity index (χ2v) is 10.2. The molecule has 0 aliphatic carbocycles. The van der Waals surface area contributed by atoms with E-state index >= 15 is 0 Å². The summed E-state index contributed by atoms with van der Waals surface area (Å²) in [6.07, 6.45) is 3.08. The van der Waals surface area contributed by atoms with E-state index in [4.69, 9.17) is 4.78 Å². The van der Waals surface area contributed by atoms with Crippen LogP contribution >= 0.6 is 11.3 Å². The van der Waals surface area contributed by atoms with Crippen LogP contribution in [-0.2, 0) is 9.73 Å². The standard InChI is InChI=1S/C19H24N6OS2/c1-3-28(20,26)16-11-21-19(22-12-16)25-8-6-24(7-9-25)14(2)15-4-5-18-17(10-15)23-13-27-18/h4-5,10-14,20H,3,6-9H2,1-2H3/t14-,28?/m1/s1. The molecule has 1 aromatic carbocycles. The van der Waals surface area contributed by atoms with Crippen LogP contribution in [0.4, 0.5) is 5.95 Å². The summed E-state index contributed by atoms with van der Waals surface area (Å²) in [5.74, 6) is 0.921. The average Bonchev–Trinajstić information content (AvgIpc) is 3.21. The number of benzene rings is 1. The Hall–Kier alpha value is -2.10. The van der Waals surface area contributed by atoms with E-state index in [-0.39, 0.29) is 5.75 Å². The van der Waals surface area contributed by atoms with E-state index in [1.165, 1.54) is 10.3 Å². The zero-order valence-electron chi connectivity index (χ0n) is 16.0. The Morgan fingerprint density at radius 1 is 1.18 bits per heavy atom. The number of piperazine rings is 1. The van der Waals surface area contributed by atoms with Gasteiger partial charge in [0.05, 0.1) is 30.4 Å². The lowest BCUT2D eigenvalue weighted by Crippen LogP contribution is -2.47. The van der Waals surface area contributed by atoms with Crippen LogP contribution in [0.25, 0.3) is 10.2 Å². The van der Waals surface area contributed by atoms with Crippen molar-refractivity contribution < 1.29 is 4.21 Å².